The molecule has 0 spiro atoms. The Morgan fingerprint density at radius 3 is 1.26 bits per heavy atom. The van der Waals surface area contributed by atoms with Crippen molar-refractivity contribution in [3.8, 4) is 63.3 Å². The molecule has 15 heteroatoms. The number of benzene rings is 2. The van der Waals surface area contributed by atoms with Crippen molar-refractivity contribution in [1.29, 1.82) is 21.0 Å². The maximum absolute atomic E-state index is 13.6. The molecular weight excluding hydrogens is 989 g/mol. The maximum Gasteiger partial charge on any atom is 0.194 e. The summed E-state index contributed by atoms with van der Waals surface area (Å²) in [5, 5.41) is 40.4. The molecule has 0 N–H and O–H groups in total. The number of allylic oxidation sites excluding steroid dienone is 6. The molecule has 2 aromatic carbocycles. The highest BCUT2D eigenvalue weighted by atomic mass is 32.1. The van der Waals surface area contributed by atoms with Gasteiger partial charge in [-0.05, 0) is 57.7 Å². The summed E-state index contributed by atoms with van der Waals surface area (Å²) >= 11 is 12.2. The van der Waals surface area contributed by atoms with Crippen LogP contribution in [0, 0.1) is 45.3 Å². The molecule has 7 heterocycles. The third-order valence-corrected chi connectivity index (χ3v) is 22.1. The van der Waals surface area contributed by atoms with Crippen LogP contribution in [0.3, 0.4) is 0 Å². The van der Waals surface area contributed by atoms with Gasteiger partial charge >= 0.3 is 0 Å². The summed E-state index contributed by atoms with van der Waals surface area (Å²) < 4.78 is 5.08. The lowest BCUT2D eigenvalue weighted by Crippen LogP contribution is -2.23. The second kappa shape index (κ2) is 14.7. The zero-order chi connectivity index (χ0) is 47.4. The van der Waals surface area contributed by atoms with Crippen molar-refractivity contribution in [2.75, 3.05) is 0 Å². The van der Waals surface area contributed by atoms with Crippen LogP contribution in [0.1, 0.15) is 91.8 Å². The lowest BCUT2D eigenvalue weighted by Gasteiger charge is -2.28. The first kappa shape index (κ1) is 42.1. The topological polar surface area (TPSA) is 155 Å². The molecular formula is C54H26N6O2S7. The van der Waals surface area contributed by atoms with Gasteiger partial charge in [-0.3, -0.25) is 9.59 Å². The van der Waals surface area contributed by atoms with Gasteiger partial charge in [-0.1, -0.05) is 76.2 Å². The average Bonchev–Trinajstić information content (AvgIpc) is 4.20. The Morgan fingerprint density at radius 2 is 0.870 bits per heavy atom. The van der Waals surface area contributed by atoms with E-state index in [1.54, 1.807) is 83.4 Å². The van der Waals surface area contributed by atoms with Crippen LogP contribution in [0.2, 0.25) is 0 Å². The SMILES string of the molecule is CC1(C)c2c(sc3c2C(C)(C)c2c-3sc3cc(-c4cnc(/C=C5\C(=O)c6ccccc6C5=C(C#N)C#N)s4)sc23)-c2sc3cc(-c4cnc(/C=C5\C(=O)c6ccccc6C5=C(C#N)C#N)s4)sc3c21. The Labute approximate surface area is 421 Å². The van der Waals surface area contributed by atoms with Gasteiger partial charge in [-0.15, -0.1) is 79.4 Å². The summed E-state index contributed by atoms with van der Waals surface area (Å²) in [6.45, 7) is 9.51. The van der Waals surface area contributed by atoms with Gasteiger partial charge < -0.3 is 0 Å². The van der Waals surface area contributed by atoms with Crippen molar-refractivity contribution >= 4 is 133 Å². The van der Waals surface area contributed by atoms with Crippen LogP contribution in [0.15, 0.2) is 95.3 Å². The summed E-state index contributed by atoms with van der Waals surface area (Å²) in [4.78, 5) is 46.2. The first-order valence-electron chi connectivity index (χ1n) is 21.4. The first-order valence-corrected chi connectivity index (χ1v) is 27.1. The molecule has 0 aliphatic heterocycles. The Hall–Kier alpha value is -7.02. The zero-order valence-electron chi connectivity index (χ0n) is 36.4. The van der Waals surface area contributed by atoms with E-state index in [1.165, 1.54) is 83.2 Å². The van der Waals surface area contributed by atoms with Gasteiger partial charge in [0, 0.05) is 85.6 Å². The van der Waals surface area contributed by atoms with E-state index in [4.69, 9.17) is 9.97 Å². The molecule has 0 fully saturated rings. The number of carbonyl (C=O) groups excluding carboxylic acids is 2. The van der Waals surface area contributed by atoms with Crippen LogP contribution in [0.5, 0.6) is 0 Å². The van der Waals surface area contributed by atoms with Crippen LogP contribution < -0.4 is 0 Å². The van der Waals surface area contributed by atoms with Crippen molar-refractivity contribution in [1.82, 2.24) is 9.97 Å². The number of Topliss-reactive ketones (excluding diaryl/α,β-unsaturated/α-hetero) is 2. The number of ketones is 2. The number of hydrogen-bond donors (Lipinski definition) is 0. The molecule has 4 aliphatic rings. The minimum Gasteiger partial charge on any atom is -0.289 e. The monoisotopic (exact) mass is 1010 g/mol. The number of rotatable bonds is 4. The van der Waals surface area contributed by atoms with Crippen molar-refractivity contribution < 1.29 is 9.59 Å². The van der Waals surface area contributed by atoms with Crippen molar-refractivity contribution in [3.05, 3.63) is 150 Å². The Kier molecular flexibility index (Phi) is 9.00. The summed E-state index contributed by atoms with van der Waals surface area (Å²) in [5.41, 5.74) is 8.46. The largest absolute Gasteiger partial charge is 0.289 e. The quantitative estimate of drug-likeness (QED) is 0.125. The van der Waals surface area contributed by atoms with Crippen molar-refractivity contribution in [3.63, 3.8) is 0 Å². The molecule has 0 radical (unpaired) electrons. The van der Waals surface area contributed by atoms with E-state index in [9.17, 15) is 30.6 Å². The van der Waals surface area contributed by atoms with Gasteiger partial charge in [0.1, 0.15) is 45.4 Å². The number of nitrogens with zero attached hydrogens (tertiary/aromatic N) is 6. The molecule has 7 aromatic heterocycles. The van der Waals surface area contributed by atoms with E-state index in [-0.39, 0.29) is 33.5 Å². The predicted octanol–water partition coefficient (Wildman–Crippen LogP) is 15.3. The van der Waals surface area contributed by atoms with Gasteiger partial charge in [-0.25, -0.2) is 9.97 Å². The van der Waals surface area contributed by atoms with E-state index in [0.717, 1.165) is 19.5 Å². The highest BCUT2D eigenvalue weighted by molar-refractivity contribution is 7.36. The predicted molar refractivity (Wildman–Crippen MR) is 282 cm³/mol. The van der Waals surface area contributed by atoms with Gasteiger partial charge in [0.15, 0.2) is 11.6 Å². The second-order valence-corrected chi connectivity index (χ2v) is 25.3. The fourth-order valence-electron chi connectivity index (χ4n) is 10.5. The van der Waals surface area contributed by atoms with E-state index in [1.807, 2.05) is 70.7 Å². The number of aromatic nitrogens is 2. The van der Waals surface area contributed by atoms with Gasteiger partial charge in [-0.2, -0.15) is 21.0 Å². The molecule has 0 atom stereocenters. The number of fused-ring (bicyclic) bond motifs is 13. The fraction of sp³-hybridized carbons (Fsp3) is 0.111. The molecule has 0 bridgehead atoms. The van der Waals surface area contributed by atoms with Crippen LogP contribution in [0.25, 0.3) is 81.1 Å². The minimum absolute atomic E-state index is 0.0921. The number of thiophene rings is 5. The summed E-state index contributed by atoms with van der Waals surface area (Å²) in [5.74, 6) is -0.434. The van der Waals surface area contributed by atoms with Crippen LogP contribution in [0.4, 0.5) is 0 Å². The van der Waals surface area contributed by atoms with Gasteiger partial charge in [0.2, 0.25) is 0 Å². The Morgan fingerprint density at radius 1 is 0.493 bits per heavy atom. The highest BCUT2D eigenvalue weighted by Crippen LogP contribution is 2.69. The highest BCUT2D eigenvalue weighted by Gasteiger charge is 2.51. The summed E-state index contributed by atoms with van der Waals surface area (Å²) in [6, 6.07) is 26.7. The first-order chi connectivity index (χ1) is 33.4. The third kappa shape index (κ3) is 5.70. The molecule has 69 heavy (non-hydrogen) atoms. The smallest absolute Gasteiger partial charge is 0.194 e. The molecule has 13 rings (SSSR count). The Balaban J connectivity index is 0.818. The third-order valence-electron chi connectivity index (χ3n) is 13.5. The molecule has 0 amide bonds. The zero-order valence-corrected chi connectivity index (χ0v) is 42.2. The Bertz CT molecular complexity index is 3940. The summed E-state index contributed by atoms with van der Waals surface area (Å²) in [6.07, 6.45) is 7.14. The number of nitriles is 4. The number of thiazole rings is 2. The maximum atomic E-state index is 13.6. The number of hydrogen-bond acceptors (Lipinski definition) is 15. The molecule has 0 saturated carbocycles. The van der Waals surface area contributed by atoms with E-state index >= 15 is 0 Å². The van der Waals surface area contributed by atoms with Gasteiger partial charge in [0.05, 0.1) is 28.9 Å². The molecule has 9 aromatic rings. The van der Waals surface area contributed by atoms with E-state index in [0.29, 0.717) is 54.6 Å². The molecule has 326 valence electrons. The fourth-order valence-corrected chi connectivity index (χ4v) is 20.2. The van der Waals surface area contributed by atoms with Crippen LogP contribution in [-0.4, -0.2) is 21.5 Å². The lowest BCUT2D eigenvalue weighted by molar-refractivity contribution is 0.103. The van der Waals surface area contributed by atoms with Crippen molar-refractivity contribution in [2.24, 2.45) is 0 Å². The lowest BCUT2D eigenvalue weighted by atomic mass is 9.74. The molecule has 8 nitrogen and oxygen atoms in total. The normalized spacial score (nSPS) is 16.6. The average molecular weight is 1020 g/mol. The standard InChI is InChI=1S/C54H26N6O2S7/c1-53(2)41-42-50(52-44(54(42,3)4)48-34(68-52)16-32(66-48)36-22-60-38(64-36)14-30-40(24(19-57)20-58)26-10-6-8-12-28(26)46(30)62)69-49(41)51-43(53)47-33(67-51)15-31(65-47)35-21-59-37(63-35)13-29-39(23(17-55)18-56)25-9-5-7-11-27(25)45(29)61/h5-16,21-22H,1-4H3/b29-13-,30-14-. The van der Waals surface area contributed by atoms with E-state index < -0.39 is 0 Å². The second-order valence-electron chi connectivity index (χ2n) is 17.9. The van der Waals surface area contributed by atoms with Crippen LogP contribution in [-0.2, 0) is 10.8 Å². The van der Waals surface area contributed by atoms with Gasteiger partial charge in [0.25, 0.3) is 0 Å². The number of carbonyl (C=O) groups is 2. The minimum atomic E-state index is -0.241. The molecule has 0 saturated heterocycles. The van der Waals surface area contributed by atoms with Crippen LogP contribution >= 0.6 is 79.4 Å². The van der Waals surface area contributed by atoms with E-state index in [2.05, 4.69) is 39.8 Å². The van der Waals surface area contributed by atoms with Crippen molar-refractivity contribution in [2.45, 2.75) is 38.5 Å². The molecule has 0 unspecified atom stereocenters. The molecule has 4 aliphatic carbocycles. The summed E-state index contributed by atoms with van der Waals surface area (Å²) in [7, 11) is 0.